The molecule has 88 valence electrons. The molecule has 0 heterocycles. The predicted molar refractivity (Wildman–Crippen MR) is 68.8 cm³/mol. The van der Waals surface area contributed by atoms with Gasteiger partial charge in [0.2, 0.25) is 0 Å². The molecule has 0 saturated carbocycles. The van der Waals surface area contributed by atoms with Crippen LogP contribution in [0, 0.1) is 17.8 Å². The molecule has 0 amide bonds. The quantitative estimate of drug-likeness (QED) is 0.476. The van der Waals surface area contributed by atoms with Crippen LogP contribution >= 0.6 is 0 Å². The van der Waals surface area contributed by atoms with E-state index in [1.54, 1.807) is 0 Å². The Labute approximate surface area is 96.0 Å². The van der Waals surface area contributed by atoms with E-state index in [2.05, 4.69) is 38.9 Å². The highest BCUT2D eigenvalue weighted by atomic mass is 14.9. The Hall–Kier alpha value is -0.480. The van der Waals surface area contributed by atoms with Gasteiger partial charge in [-0.2, -0.15) is 0 Å². The monoisotopic (exact) mass is 209 g/mol. The van der Waals surface area contributed by atoms with Gasteiger partial charge >= 0.3 is 0 Å². The average molecular weight is 209 g/mol. The van der Waals surface area contributed by atoms with Gasteiger partial charge in [0.1, 0.15) is 0 Å². The summed E-state index contributed by atoms with van der Waals surface area (Å²) in [7, 11) is 0. The third kappa shape index (κ3) is 8.51. The molecule has 0 aromatic rings. The maximum absolute atomic E-state index is 5.26. The molecule has 0 fully saturated rings. The molecule has 0 radical (unpaired) electrons. The van der Waals surface area contributed by atoms with Crippen molar-refractivity contribution < 1.29 is 0 Å². The van der Waals surface area contributed by atoms with Crippen LogP contribution in [-0.4, -0.2) is 12.6 Å². The minimum atomic E-state index is 0.414. The maximum Gasteiger partial charge on any atom is 0.00862 e. The molecule has 0 aliphatic rings. The van der Waals surface area contributed by atoms with E-state index in [0.29, 0.717) is 11.5 Å². The lowest BCUT2D eigenvalue weighted by Crippen LogP contribution is -2.31. The molecule has 1 unspecified atom stereocenters. The highest BCUT2D eigenvalue weighted by Gasteiger charge is 2.19. The molecular weight excluding hydrogens is 182 g/mol. The van der Waals surface area contributed by atoms with E-state index in [1.807, 2.05) is 0 Å². The average Bonchev–Trinajstić information content (AvgIpc) is 2.14. The fourth-order valence-electron chi connectivity index (χ4n) is 2.06. The van der Waals surface area contributed by atoms with Crippen molar-refractivity contribution >= 4 is 0 Å². The molecular formula is C14H27N. The van der Waals surface area contributed by atoms with Crippen molar-refractivity contribution in [2.75, 3.05) is 6.54 Å². The molecule has 0 bridgehead atoms. The van der Waals surface area contributed by atoms with E-state index in [4.69, 9.17) is 6.42 Å². The highest BCUT2D eigenvalue weighted by Crippen LogP contribution is 2.28. The molecule has 0 spiro atoms. The third-order valence-corrected chi connectivity index (χ3v) is 2.78. The number of terminal acetylenes is 1. The van der Waals surface area contributed by atoms with Gasteiger partial charge in [-0.3, -0.25) is 0 Å². The maximum atomic E-state index is 5.26. The molecule has 0 aliphatic heterocycles. The molecule has 1 N–H and O–H groups in total. The zero-order valence-corrected chi connectivity index (χ0v) is 10.9. The minimum Gasteiger partial charge on any atom is -0.314 e. The standard InChI is InChI=1S/C14H27N/c1-6-8-9-10-14(4,5)12-13(3)15-11-7-2/h1,13,15H,7-12H2,2-5H3. The van der Waals surface area contributed by atoms with E-state index in [1.165, 1.54) is 19.3 Å². The smallest absolute Gasteiger partial charge is 0.00862 e. The first-order chi connectivity index (χ1) is 7.02. The summed E-state index contributed by atoms with van der Waals surface area (Å²) < 4.78 is 0. The van der Waals surface area contributed by atoms with Gasteiger partial charge in [0.25, 0.3) is 0 Å². The Morgan fingerprint density at radius 1 is 1.40 bits per heavy atom. The molecule has 0 aromatic heterocycles. The SMILES string of the molecule is C#CCCCC(C)(C)CC(C)NCCC. The number of rotatable bonds is 8. The lowest BCUT2D eigenvalue weighted by Gasteiger charge is -2.28. The Kier molecular flexibility index (Phi) is 7.52. The molecule has 0 rings (SSSR count). The summed E-state index contributed by atoms with van der Waals surface area (Å²) in [6, 6.07) is 0.616. The number of hydrogen-bond donors (Lipinski definition) is 1. The summed E-state index contributed by atoms with van der Waals surface area (Å²) in [5, 5.41) is 3.54. The van der Waals surface area contributed by atoms with E-state index < -0.39 is 0 Å². The number of nitrogens with one attached hydrogen (secondary N) is 1. The van der Waals surface area contributed by atoms with Crippen molar-refractivity contribution in [1.29, 1.82) is 0 Å². The fraction of sp³-hybridized carbons (Fsp3) is 0.857. The number of unbranched alkanes of at least 4 members (excludes halogenated alkanes) is 1. The van der Waals surface area contributed by atoms with Gasteiger partial charge < -0.3 is 5.32 Å². The van der Waals surface area contributed by atoms with Gasteiger partial charge in [0, 0.05) is 12.5 Å². The van der Waals surface area contributed by atoms with Gasteiger partial charge in [-0.05, 0) is 44.6 Å². The van der Waals surface area contributed by atoms with Crippen molar-refractivity contribution in [2.24, 2.45) is 5.41 Å². The van der Waals surface area contributed by atoms with Gasteiger partial charge in [0.05, 0.1) is 0 Å². The summed E-state index contributed by atoms with van der Waals surface area (Å²) in [5.74, 6) is 2.71. The Morgan fingerprint density at radius 3 is 2.60 bits per heavy atom. The lowest BCUT2D eigenvalue weighted by atomic mass is 9.81. The van der Waals surface area contributed by atoms with Crippen LogP contribution in [0.3, 0.4) is 0 Å². The predicted octanol–water partition coefficient (Wildman–Crippen LogP) is 3.59. The van der Waals surface area contributed by atoms with Crippen LogP contribution < -0.4 is 5.32 Å². The number of hydrogen-bond acceptors (Lipinski definition) is 1. The molecule has 1 nitrogen and oxygen atoms in total. The van der Waals surface area contributed by atoms with Crippen LogP contribution in [0.1, 0.15) is 59.8 Å². The van der Waals surface area contributed by atoms with Crippen molar-refractivity contribution in [1.82, 2.24) is 5.32 Å². The molecule has 15 heavy (non-hydrogen) atoms. The first-order valence-corrected chi connectivity index (χ1v) is 6.18. The molecule has 1 atom stereocenters. The second kappa shape index (κ2) is 7.77. The summed E-state index contributed by atoms with van der Waals surface area (Å²) in [6.45, 7) is 10.3. The second-order valence-electron chi connectivity index (χ2n) is 5.28. The van der Waals surface area contributed by atoms with Gasteiger partial charge in [-0.15, -0.1) is 12.3 Å². The van der Waals surface area contributed by atoms with Crippen molar-refractivity contribution in [3.05, 3.63) is 0 Å². The molecule has 0 aromatic carbocycles. The minimum absolute atomic E-state index is 0.414. The second-order valence-corrected chi connectivity index (χ2v) is 5.28. The summed E-state index contributed by atoms with van der Waals surface area (Å²) in [5.41, 5.74) is 0.414. The molecule has 0 aliphatic carbocycles. The van der Waals surface area contributed by atoms with Gasteiger partial charge in [-0.1, -0.05) is 20.8 Å². The first-order valence-electron chi connectivity index (χ1n) is 6.18. The van der Waals surface area contributed by atoms with E-state index in [9.17, 15) is 0 Å². The van der Waals surface area contributed by atoms with Gasteiger partial charge in [-0.25, -0.2) is 0 Å². The van der Waals surface area contributed by atoms with Crippen molar-refractivity contribution in [2.45, 2.75) is 65.8 Å². The Balaban J connectivity index is 3.75. The van der Waals surface area contributed by atoms with Crippen LogP contribution in [0.25, 0.3) is 0 Å². The summed E-state index contributed by atoms with van der Waals surface area (Å²) in [6.07, 6.45) is 11.0. The van der Waals surface area contributed by atoms with E-state index in [-0.39, 0.29) is 0 Å². The topological polar surface area (TPSA) is 12.0 Å². The third-order valence-electron chi connectivity index (χ3n) is 2.78. The van der Waals surface area contributed by atoms with Crippen LogP contribution in [0.2, 0.25) is 0 Å². The Bertz CT molecular complexity index is 188. The van der Waals surface area contributed by atoms with Crippen LogP contribution in [0.15, 0.2) is 0 Å². The normalized spacial score (nSPS) is 13.5. The van der Waals surface area contributed by atoms with Crippen LogP contribution in [-0.2, 0) is 0 Å². The molecule has 0 saturated heterocycles. The van der Waals surface area contributed by atoms with Crippen LogP contribution in [0.4, 0.5) is 0 Å². The van der Waals surface area contributed by atoms with Crippen molar-refractivity contribution in [3.63, 3.8) is 0 Å². The molecule has 1 heteroatoms. The fourth-order valence-corrected chi connectivity index (χ4v) is 2.06. The largest absolute Gasteiger partial charge is 0.314 e. The van der Waals surface area contributed by atoms with Crippen molar-refractivity contribution in [3.8, 4) is 12.3 Å². The van der Waals surface area contributed by atoms with E-state index >= 15 is 0 Å². The summed E-state index contributed by atoms with van der Waals surface area (Å²) in [4.78, 5) is 0. The van der Waals surface area contributed by atoms with Gasteiger partial charge in [0.15, 0.2) is 0 Å². The zero-order valence-electron chi connectivity index (χ0n) is 10.9. The highest BCUT2D eigenvalue weighted by molar-refractivity contribution is 4.84. The summed E-state index contributed by atoms with van der Waals surface area (Å²) >= 11 is 0. The zero-order chi connectivity index (χ0) is 11.7. The Morgan fingerprint density at radius 2 is 2.07 bits per heavy atom. The first kappa shape index (κ1) is 14.5. The van der Waals surface area contributed by atoms with E-state index in [0.717, 1.165) is 19.4 Å². The lowest BCUT2D eigenvalue weighted by molar-refractivity contribution is 0.263. The van der Waals surface area contributed by atoms with Crippen LogP contribution in [0.5, 0.6) is 0 Å².